The molecule has 1 aliphatic rings. The summed E-state index contributed by atoms with van der Waals surface area (Å²) in [7, 11) is 0. The Morgan fingerprint density at radius 2 is 2.35 bits per heavy atom. The maximum absolute atomic E-state index is 5.77. The van der Waals surface area contributed by atoms with Crippen molar-refractivity contribution in [2.75, 3.05) is 5.75 Å². The smallest absolute Gasteiger partial charge is 0.161 e. The van der Waals surface area contributed by atoms with Crippen LogP contribution in [-0.2, 0) is 13.0 Å². The Bertz CT molecular complexity index is 516. The molecule has 2 N–H and O–H groups in total. The molecule has 1 aliphatic heterocycles. The molecule has 0 saturated carbocycles. The highest BCUT2D eigenvalue weighted by molar-refractivity contribution is 8.00. The van der Waals surface area contributed by atoms with Crippen molar-refractivity contribution in [1.29, 1.82) is 0 Å². The van der Waals surface area contributed by atoms with Gasteiger partial charge in [0.1, 0.15) is 5.82 Å². The zero-order valence-electron chi connectivity index (χ0n) is 9.67. The number of nitrogens with two attached hydrogens (primary N) is 1. The minimum absolute atomic E-state index is 0.528. The molecule has 0 spiro atoms. The SMILES string of the molecule is NCc1cccc2nnc(CC3CCCS3)n12. The molecule has 90 valence electrons. The van der Waals surface area contributed by atoms with E-state index >= 15 is 0 Å². The van der Waals surface area contributed by atoms with Gasteiger partial charge in [-0.15, -0.1) is 10.2 Å². The molecule has 4 nitrogen and oxygen atoms in total. The first kappa shape index (κ1) is 11.0. The highest BCUT2D eigenvalue weighted by atomic mass is 32.2. The van der Waals surface area contributed by atoms with Crippen molar-refractivity contribution < 1.29 is 0 Å². The first-order valence-corrected chi connectivity index (χ1v) is 7.07. The van der Waals surface area contributed by atoms with Gasteiger partial charge >= 0.3 is 0 Å². The van der Waals surface area contributed by atoms with Crippen molar-refractivity contribution in [2.45, 2.75) is 31.1 Å². The van der Waals surface area contributed by atoms with Crippen molar-refractivity contribution in [1.82, 2.24) is 14.6 Å². The molecule has 0 aromatic carbocycles. The predicted molar refractivity (Wildman–Crippen MR) is 70.1 cm³/mol. The lowest BCUT2D eigenvalue weighted by atomic mass is 10.2. The Balaban J connectivity index is 1.98. The molecule has 0 aliphatic carbocycles. The van der Waals surface area contributed by atoms with Crippen LogP contribution >= 0.6 is 11.8 Å². The van der Waals surface area contributed by atoms with E-state index in [0.29, 0.717) is 11.8 Å². The molecule has 0 amide bonds. The monoisotopic (exact) mass is 248 g/mol. The van der Waals surface area contributed by atoms with Gasteiger partial charge in [-0.05, 0) is 30.7 Å². The summed E-state index contributed by atoms with van der Waals surface area (Å²) in [6.07, 6.45) is 3.63. The first-order chi connectivity index (χ1) is 8.38. The standard InChI is InChI=1S/C12H16N4S/c13-8-9-3-1-5-11-14-15-12(16(9)11)7-10-4-2-6-17-10/h1,3,5,10H,2,4,6-8,13H2. The fourth-order valence-electron chi connectivity index (χ4n) is 2.37. The van der Waals surface area contributed by atoms with Crippen LogP contribution in [0.5, 0.6) is 0 Å². The average Bonchev–Trinajstić information content (AvgIpc) is 2.99. The van der Waals surface area contributed by atoms with Crippen LogP contribution in [0, 0.1) is 0 Å². The van der Waals surface area contributed by atoms with Crippen LogP contribution in [0.2, 0.25) is 0 Å². The molecule has 1 unspecified atom stereocenters. The van der Waals surface area contributed by atoms with E-state index < -0.39 is 0 Å². The Morgan fingerprint density at radius 3 is 3.12 bits per heavy atom. The molecule has 0 radical (unpaired) electrons. The summed E-state index contributed by atoms with van der Waals surface area (Å²) >= 11 is 2.05. The first-order valence-electron chi connectivity index (χ1n) is 6.02. The second-order valence-corrected chi connectivity index (χ2v) is 5.78. The molecule has 3 heterocycles. The van der Waals surface area contributed by atoms with Crippen LogP contribution in [0.3, 0.4) is 0 Å². The Morgan fingerprint density at radius 1 is 1.41 bits per heavy atom. The Hall–Kier alpha value is -1.07. The van der Waals surface area contributed by atoms with Crippen LogP contribution in [0.4, 0.5) is 0 Å². The predicted octanol–water partition coefficient (Wildman–Crippen LogP) is 1.63. The Labute approximate surface area is 105 Å². The number of fused-ring (bicyclic) bond motifs is 1. The van der Waals surface area contributed by atoms with Gasteiger partial charge in [0.05, 0.1) is 0 Å². The van der Waals surface area contributed by atoms with Crippen LogP contribution in [0.25, 0.3) is 5.65 Å². The maximum atomic E-state index is 5.77. The van der Waals surface area contributed by atoms with Crippen LogP contribution in [-0.4, -0.2) is 25.6 Å². The molecule has 2 aromatic rings. The van der Waals surface area contributed by atoms with Gasteiger partial charge in [-0.25, -0.2) is 0 Å². The third-order valence-electron chi connectivity index (χ3n) is 3.22. The van der Waals surface area contributed by atoms with Crippen LogP contribution in [0.1, 0.15) is 24.4 Å². The lowest BCUT2D eigenvalue weighted by Gasteiger charge is -2.09. The maximum Gasteiger partial charge on any atom is 0.161 e. The summed E-state index contributed by atoms with van der Waals surface area (Å²) in [4.78, 5) is 0. The van der Waals surface area contributed by atoms with Crippen LogP contribution < -0.4 is 5.73 Å². The van der Waals surface area contributed by atoms with E-state index in [4.69, 9.17) is 5.73 Å². The summed E-state index contributed by atoms with van der Waals surface area (Å²) in [6, 6.07) is 6.01. The number of nitrogens with zero attached hydrogens (tertiary/aromatic N) is 3. The number of rotatable bonds is 3. The molecule has 17 heavy (non-hydrogen) atoms. The minimum Gasteiger partial charge on any atom is -0.325 e. The summed E-state index contributed by atoms with van der Waals surface area (Å²) in [5.74, 6) is 2.34. The van der Waals surface area contributed by atoms with Gasteiger partial charge in [0.2, 0.25) is 0 Å². The van der Waals surface area contributed by atoms with Crippen molar-refractivity contribution in [2.24, 2.45) is 5.73 Å². The summed E-state index contributed by atoms with van der Waals surface area (Å²) < 4.78 is 2.11. The highest BCUT2D eigenvalue weighted by Crippen LogP contribution is 2.28. The van der Waals surface area contributed by atoms with E-state index in [0.717, 1.165) is 23.6 Å². The summed E-state index contributed by atoms with van der Waals surface area (Å²) in [5.41, 5.74) is 7.77. The zero-order chi connectivity index (χ0) is 11.7. The van der Waals surface area contributed by atoms with E-state index in [9.17, 15) is 0 Å². The number of hydrogen-bond acceptors (Lipinski definition) is 4. The number of hydrogen-bond donors (Lipinski definition) is 1. The van der Waals surface area contributed by atoms with Gasteiger partial charge in [-0.1, -0.05) is 6.07 Å². The second-order valence-electron chi connectivity index (χ2n) is 4.37. The van der Waals surface area contributed by atoms with E-state index in [1.807, 2.05) is 18.2 Å². The van der Waals surface area contributed by atoms with Crippen molar-refractivity contribution in [3.63, 3.8) is 0 Å². The zero-order valence-corrected chi connectivity index (χ0v) is 10.5. The van der Waals surface area contributed by atoms with E-state index in [2.05, 4.69) is 26.4 Å². The minimum atomic E-state index is 0.528. The normalized spacial score (nSPS) is 20.2. The lowest BCUT2D eigenvalue weighted by molar-refractivity contribution is 0.730. The molecule has 1 fully saturated rings. The molecule has 0 bridgehead atoms. The fourth-order valence-corrected chi connectivity index (χ4v) is 3.64. The van der Waals surface area contributed by atoms with Gasteiger partial charge in [0.25, 0.3) is 0 Å². The number of thioether (sulfide) groups is 1. The highest BCUT2D eigenvalue weighted by Gasteiger charge is 2.19. The number of aromatic nitrogens is 3. The molecule has 1 atom stereocenters. The average molecular weight is 248 g/mol. The van der Waals surface area contributed by atoms with E-state index in [1.54, 1.807) is 0 Å². The van der Waals surface area contributed by atoms with Gasteiger partial charge in [0, 0.05) is 23.9 Å². The summed E-state index contributed by atoms with van der Waals surface area (Å²) in [5, 5.41) is 9.23. The van der Waals surface area contributed by atoms with Crippen molar-refractivity contribution in [3.8, 4) is 0 Å². The largest absolute Gasteiger partial charge is 0.325 e. The topological polar surface area (TPSA) is 56.2 Å². The van der Waals surface area contributed by atoms with E-state index in [1.165, 1.54) is 18.6 Å². The van der Waals surface area contributed by atoms with Crippen LogP contribution in [0.15, 0.2) is 18.2 Å². The summed E-state index contributed by atoms with van der Waals surface area (Å²) in [6.45, 7) is 0.528. The molecular weight excluding hydrogens is 232 g/mol. The van der Waals surface area contributed by atoms with Gasteiger partial charge in [-0.2, -0.15) is 11.8 Å². The molecule has 5 heteroatoms. The molecule has 1 saturated heterocycles. The van der Waals surface area contributed by atoms with Crippen molar-refractivity contribution in [3.05, 3.63) is 29.7 Å². The third-order valence-corrected chi connectivity index (χ3v) is 4.62. The quantitative estimate of drug-likeness (QED) is 0.897. The third kappa shape index (κ3) is 2.05. The number of pyridine rings is 1. The molecule has 2 aromatic heterocycles. The van der Waals surface area contributed by atoms with E-state index in [-0.39, 0.29) is 0 Å². The van der Waals surface area contributed by atoms with Crippen molar-refractivity contribution >= 4 is 17.4 Å². The van der Waals surface area contributed by atoms with Gasteiger partial charge in [-0.3, -0.25) is 4.40 Å². The lowest BCUT2D eigenvalue weighted by Crippen LogP contribution is -2.10. The fraction of sp³-hybridized carbons (Fsp3) is 0.500. The Kier molecular flexibility index (Phi) is 3.03. The van der Waals surface area contributed by atoms with Gasteiger partial charge in [0.15, 0.2) is 5.65 Å². The molecule has 3 rings (SSSR count). The second kappa shape index (κ2) is 4.66. The molecular formula is C12H16N4S. The van der Waals surface area contributed by atoms with Gasteiger partial charge < -0.3 is 5.73 Å².